The van der Waals surface area contributed by atoms with Crippen LogP contribution in [0.5, 0.6) is 0 Å². The normalized spacial score (nSPS) is 19.8. The Bertz CT molecular complexity index is 482. The van der Waals surface area contributed by atoms with Crippen LogP contribution in [0.2, 0.25) is 0 Å². The van der Waals surface area contributed by atoms with Crippen molar-refractivity contribution in [1.29, 1.82) is 0 Å². The molecule has 1 aromatic rings. The molecule has 1 saturated heterocycles. The van der Waals surface area contributed by atoms with Crippen LogP contribution in [0, 0.1) is 5.92 Å². The molecule has 2 unspecified atom stereocenters. The summed E-state index contributed by atoms with van der Waals surface area (Å²) < 4.78 is 5.06. The van der Waals surface area contributed by atoms with Gasteiger partial charge in [0.05, 0.1) is 12.0 Å². The summed E-state index contributed by atoms with van der Waals surface area (Å²) in [7, 11) is 0. The smallest absolute Gasteiger partial charge is 0.306 e. The maximum Gasteiger partial charge on any atom is 0.306 e. The van der Waals surface area contributed by atoms with E-state index >= 15 is 0 Å². The molecule has 1 aliphatic rings. The molecule has 0 bridgehead atoms. The monoisotopic (exact) mass is 282 g/mol. The van der Waals surface area contributed by atoms with Gasteiger partial charge in [-0.15, -0.1) is 0 Å². The van der Waals surface area contributed by atoms with Gasteiger partial charge in [-0.25, -0.2) is 0 Å². The quantitative estimate of drug-likeness (QED) is 0.688. The summed E-state index contributed by atoms with van der Waals surface area (Å²) >= 11 is 0. The second kappa shape index (κ2) is 6.47. The van der Waals surface area contributed by atoms with E-state index in [1.807, 2.05) is 0 Å². The summed E-state index contributed by atoms with van der Waals surface area (Å²) in [5.74, 6) is -1.42. The number of carbonyl (C=O) groups is 2. The number of carbonyl (C=O) groups excluding carboxylic acids is 1. The first-order valence-electron chi connectivity index (χ1n) is 6.66. The summed E-state index contributed by atoms with van der Waals surface area (Å²) in [4.78, 5) is 26.5. The van der Waals surface area contributed by atoms with Gasteiger partial charge < -0.3 is 20.3 Å². The van der Waals surface area contributed by atoms with Crippen molar-refractivity contribution < 1.29 is 19.2 Å². The van der Waals surface area contributed by atoms with E-state index < -0.39 is 17.8 Å². The standard InChI is InChI=1S/C12H18N4O4/c1-7(12(18)19)4-6-14-10(17)9-15-11(20-16-9)8-3-2-5-13-8/h7-8,13H,2-6H2,1H3,(H,14,17)(H,18,19). The highest BCUT2D eigenvalue weighted by Gasteiger charge is 2.24. The van der Waals surface area contributed by atoms with E-state index in [1.54, 1.807) is 6.92 Å². The molecule has 1 amide bonds. The number of rotatable bonds is 6. The molecule has 20 heavy (non-hydrogen) atoms. The lowest BCUT2D eigenvalue weighted by Gasteiger charge is -2.05. The second-order valence-corrected chi connectivity index (χ2v) is 4.89. The molecule has 0 aliphatic carbocycles. The van der Waals surface area contributed by atoms with E-state index in [4.69, 9.17) is 9.63 Å². The number of nitrogens with zero attached hydrogens (tertiary/aromatic N) is 2. The van der Waals surface area contributed by atoms with Crippen molar-refractivity contribution in [3.63, 3.8) is 0 Å². The molecule has 1 aromatic heterocycles. The van der Waals surface area contributed by atoms with Crippen molar-refractivity contribution in [1.82, 2.24) is 20.8 Å². The Kier molecular flexibility index (Phi) is 4.67. The zero-order chi connectivity index (χ0) is 14.5. The van der Waals surface area contributed by atoms with Gasteiger partial charge in [0.2, 0.25) is 5.89 Å². The van der Waals surface area contributed by atoms with Crippen LogP contribution in [0.3, 0.4) is 0 Å². The van der Waals surface area contributed by atoms with Crippen LogP contribution in [0.1, 0.15) is 48.7 Å². The average molecular weight is 282 g/mol. The Morgan fingerprint density at radius 3 is 3.05 bits per heavy atom. The highest BCUT2D eigenvalue weighted by molar-refractivity contribution is 5.90. The van der Waals surface area contributed by atoms with Gasteiger partial charge in [-0.1, -0.05) is 12.1 Å². The molecule has 1 fully saturated rings. The fourth-order valence-electron chi connectivity index (χ4n) is 1.97. The van der Waals surface area contributed by atoms with Crippen LogP contribution in [0.25, 0.3) is 0 Å². The maximum absolute atomic E-state index is 11.8. The number of hydrogen-bond donors (Lipinski definition) is 3. The third-order valence-corrected chi connectivity index (χ3v) is 3.29. The first-order chi connectivity index (χ1) is 9.58. The Morgan fingerprint density at radius 1 is 1.60 bits per heavy atom. The summed E-state index contributed by atoms with van der Waals surface area (Å²) in [5, 5.41) is 18.2. The number of amides is 1. The van der Waals surface area contributed by atoms with E-state index in [2.05, 4.69) is 20.8 Å². The number of aliphatic carboxylic acids is 1. The Hall–Kier alpha value is -1.96. The fraction of sp³-hybridized carbons (Fsp3) is 0.667. The van der Waals surface area contributed by atoms with E-state index in [0.717, 1.165) is 19.4 Å². The lowest BCUT2D eigenvalue weighted by Crippen LogP contribution is -2.28. The number of aromatic nitrogens is 2. The van der Waals surface area contributed by atoms with Crippen molar-refractivity contribution in [2.45, 2.75) is 32.2 Å². The van der Waals surface area contributed by atoms with Gasteiger partial charge >= 0.3 is 5.97 Å². The average Bonchev–Trinajstić information content (AvgIpc) is 3.08. The van der Waals surface area contributed by atoms with Crippen molar-refractivity contribution >= 4 is 11.9 Å². The molecule has 2 atom stereocenters. The van der Waals surface area contributed by atoms with Crippen LogP contribution in [-0.2, 0) is 4.79 Å². The molecule has 0 spiro atoms. The highest BCUT2D eigenvalue weighted by Crippen LogP contribution is 2.20. The summed E-state index contributed by atoms with van der Waals surface area (Å²) in [6.07, 6.45) is 2.32. The molecule has 1 aliphatic heterocycles. The molecular weight excluding hydrogens is 264 g/mol. The van der Waals surface area contributed by atoms with Gasteiger partial charge in [-0.3, -0.25) is 9.59 Å². The zero-order valence-corrected chi connectivity index (χ0v) is 11.3. The number of nitrogens with one attached hydrogen (secondary N) is 2. The predicted molar refractivity (Wildman–Crippen MR) is 68.0 cm³/mol. The lowest BCUT2D eigenvalue weighted by molar-refractivity contribution is -0.141. The summed E-state index contributed by atoms with van der Waals surface area (Å²) in [6.45, 7) is 2.76. The Balaban J connectivity index is 1.82. The molecule has 110 valence electrons. The van der Waals surface area contributed by atoms with Gasteiger partial charge in [0.1, 0.15) is 0 Å². The third-order valence-electron chi connectivity index (χ3n) is 3.29. The van der Waals surface area contributed by atoms with E-state index in [0.29, 0.717) is 12.3 Å². The minimum Gasteiger partial charge on any atom is -0.481 e. The first-order valence-corrected chi connectivity index (χ1v) is 6.66. The number of carboxylic acids is 1. The Labute approximate surface area is 115 Å². The maximum atomic E-state index is 11.8. The topological polar surface area (TPSA) is 117 Å². The molecule has 8 nitrogen and oxygen atoms in total. The molecule has 2 heterocycles. The molecular formula is C12H18N4O4. The molecule has 0 aromatic carbocycles. The Morgan fingerprint density at radius 2 is 2.40 bits per heavy atom. The van der Waals surface area contributed by atoms with E-state index in [-0.39, 0.29) is 18.4 Å². The second-order valence-electron chi connectivity index (χ2n) is 4.89. The molecule has 0 saturated carbocycles. The third kappa shape index (κ3) is 3.53. The van der Waals surface area contributed by atoms with E-state index in [9.17, 15) is 9.59 Å². The van der Waals surface area contributed by atoms with Crippen LogP contribution in [0.15, 0.2) is 4.52 Å². The van der Waals surface area contributed by atoms with Crippen LogP contribution >= 0.6 is 0 Å². The molecule has 0 radical (unpaired) electrons. The zero-order valence-electron chi connectivity index (χ0n) is 11.3. The van der Waals surface area contributed by atoms with E-state index in [1.165, 1.54) is 0 Å². The first kappa shape index (κ1) is 14.4. The SMILES string of the molecule is CC(CCNC(=O)c1noc(C2CCCN2)n1)C(=O)O. The lowest BCUT2D eigenvalue weighted by atomic mass is 10.1. The molecule has 2 rings (SSSR count). The number of carboxylic acid groups (broad SMARTS) is 1. The van der Waals surface area contributed by atoms with Gasteiger partial charge in [0, 0.05) is 6.54 Å². The number of hydrogen-bond acceptors (Lipinski definition) is 6. The minimum absolute atomic E-state index is 0.0170. The largest absolute Gasteiger partial charge is 0.481 e. The highest BCUT2D eigenvalue weighted by atomic mass is 16.5. The van der Waals surface area contributed by atoms with Crippen molar-refractivity contribution in [3.05, 3.63) is 11.7 Å². The van der Waals surface area contributed by atoms with Crippen molar-refractivity contribution in [2.75, 3.05) is 13.1 Å². The minimum atomic E-state index is -0.881. The van der Waals surface area contributed by atoms with Crippen molar-refractivity contribution in [2.24, 2.45) is 5.92 Å². The van der Waals surface area contributed by atoms with Crippen LogP contribution < -0.4 is 10.6 Å². The van der Waals surface area contributed by atoms with Crippen LogP contribution in [-0.4, -0.2) is 40.2 Å². The molecule has 3 N–H and O–H groups in total. The van der Waals surface area contributed by atoms with Gasteiger partial charge in [-0.05, 0) is 25.8 Å². The summed E-state index contributed by atoms with van der Waals surface area (Å²) in [5.41, 5.74) is 0. The van der Waals surface area contributed by atoms with Gasteiger partial charge in [-0.2, -0.15) is 4.98 Å². The molecule has 8 heteroatoms. The van der Waals surface area contributed by atoms with Gasteiger partial charge in [0.25, 0.3) is 11.7 Å². The van der Waals surface area contributed by atoms with Crippen LogP contribution in [0.4, 0.5) is 0 Å². The summed E-state index contributed by atoms with van der Waals surface area (Å²) in [6, 6.07) is 0.0242. The van der Waals surface area contributed by atoms with Gasteiger partial charge in [0.15, 0.2) is 0 Å². The predicted octanol–water partition coefficient (Wildman–Crippen LogP) is 0.335. The van der Waals surface area contributed by atoms with Crippen molar-refractivity contribution in [3.8, 4) is 0 Å². The fourth-order valence-corrected chi connectivity index (χ4v) is 1.97.